The summed E-state index contributed by atoms with van der Waals surface area (Å²) in [6, 6.07) is 9.83. The van der Waals surface area contributed by atoms with Gasteiger partial charge in [0.2, 0.25) is 0 Å². The van der Waals surface area contributed by atoms with Crippen molar-refractivity contribution >= 4 is 11.6 Å². The van der Waals surface area contributed by atoms with Gasteiger partial charge in [0.1, 0.15) is 19.0 Å². The molecule has 0 heterocycles. The molecule has 0 atom stereocenters. The molecule has 0 aliphatic heterocycles. The molecule has 0 saturated carbocycles. The van der Waals surface area contributed by atoms with Crippen LogP contribution in [-0.4, -0.2) is 19.8 Å². The van der Waals surface area contributed by atoms with Crippen LogP contribution in [0.5, 0.6) is 17.2 Å². The Balaban J connectivity index is 1.96. The molecule has 0 saturated heterocycles. The average molecular weight is 378 g/mol. The molecule has 0 aromatic heterocycles. The third-order valence-electron chi connectivity index (χ3n) is 4.07. The second-order valence-electron chi connectivity index (χ2n) is 6.41. The molecule has 0 fully saturated rings. The van der Waals surface area contributed by atoms with Crippen LogP contribution in [0, 0.1) is 6.92 Å². The van der Waals surface area contributed by atoms with Gasteiger partial charge in [-0.1, -0.05) is 31.5 Å². The predicted molar refractivity (Wildman–Crippen MR) is 107 cm³/mol. The van der Waals surface area contributed by atoms with Crippen molar-refractivity contribution in [2.24, 2.45) is 5.73 Å². The van der Waals surface area contributed by atoms with Crippen molar-refractivity contribution in [3.8, 4) is 17.2 Å². The maximum atomic E-state index is 6.31. The summed E-state index contributed by atoms with van der Waals surface area (Å²) in [6.45, 7) is 10.1. The van der Waals surface area contributed by atoms with Crippen molar-refractivity contribution in [1.82, 2.24) is 0 Å². The molecular weight excluding hydrogens is 350 g/mol. The Hall–Kier alpha value is -1.91. The largest absolute Gasteiger partial charge is 0.490 e. The number of hydrogen-bond donors (Lipinski definition) is 1. The van der Waals surface area contributed by atoms with Crippen LogP contribution in [0.25, 0.3) is 0 Å². The second kappa shape index (κ2) is 9.70. The van der Waals surface area contributed by atoms with Crippen molar-refractivity contribution in [2.45, 2.75) is 40.2 Å². The molecule has 142 valence electrons. The van der Waals surface area contributed by atoms with E-state index in [0.717, 1.165) is 11.3 Å². The minimum absolute atomic E-state index is 0.368. The Morgan fingerprint density at radius 2 is 1.77 bits per heavy atom. The van der Waals surface area contributed by atoms with Gasteiger partial charge in [0.05, 0.1) is 11.6 Å². The first-order valence-corrected chi connectivity index (χ1v) is 9.35. The van der Waals surface area contributed by atoms with Crippen molar-refractivity contribution in [3.63, 3.8) is 0 Å². The van der Waals surface area contributed by atoms with Gasteiger partial charge in [-0.3, -0.25) is 0 Å². The van der Waals surface area contributed by atoms with Crippen molar-refractivity contribution in [3.05, 3.63) is 52.0 Å². The standard InChI is InChI=1S/C21H28ClNO3/c1-5-24-20-12-16(13-23)11-19(22)21(20)26-9-8-25-17-6-7-18(14(2)3)15(4)10-17/h6-7,10-12,14H,5,8-9,13,23H2,1-4H3. The summed E-state index contributed by atoms with van der Waals surface area (Å²) in [5, 5.41) is 0.494. The number of ether oxygens (including phenoxy) is 3. The number of halogens is 1. The van der Waals surface area contributed by atoms with Gasteiger partial charge in [0, 0.05) is 6.54 Å². The molecule has 0 spiro atoms. The number of nitrogens with two attached hydrogens (primary N) is 1. The second-order valence-corrected chi connectivity index (χ2v) is 6.82. The summed E-state index contributed by atoms with van der Waals surface area (Å²) < 4.78 is 17.2. The Morgan fingerprint density at radius 1 is 1.04 bits per heavy atom. The van der Waals surface area contributed by atoms with Gasteiger partial charge in [0.15, 0.2) is 11.5 Å². The van der Waals surface area contributed by atoms with E-state index in [4.69, 9.17) is 31.5 Å². The van der Waals surface area contributed by atoms with Gasteiger partial charge >= 0.3 is 0 Å². The maximum absolute atomic E-state index is 6.31. The summed E-state index contributed by atoms with van der Waals surface area (Å²) in [5.74, 6) is 2.48. The van der Waals surface area contributed by atoms with Crippen LogP contribution in [0.15, 0.2) is 30.3 Å². The zero-order valence-electron chi connectivity index (χ0n) is 16.0. The van der Waals surface area contributed by atoms with E-state index in [0.29, 0.717) is 48.8 Å². The Bertz CT molecular complexity index is 731. The van der Waals surface area contributed by atoms with E-state index in [2.05, 4.69) is 32.9 Å². The first-order valence-electron chi connectivity index (χ1n) is 8.97. The summed E-state index contributed by atoms with van der Waals surface area (Å²) in [6.07, 6.45) is 0. The molecule has 2 aromatic carbocycles. The topological polar surface area (TPSA) is 53.7 Å². The lowest BCUT2D eigenvalue weighted by Crippen LogP contribution is -2.11. The molecule has 0 bridgehead atoms. The summed E-state index contributed by atoms with van der Waals surface area (Å²) in [4.78, 5) is 0. The minimum atomic E-state index is 0.368. The smallest absolute Gasteiger partial charge is 0.179 e. The van der Waals surface area contributed by atoms with Crippen LogP contribution in [0.3, 0.4) is 0 Å². The van der Waals surface area contributed by atoms with Crippen LogP contribution < -0.4 is 19.9 Å². The highest BCUT2D eigenvalue weighted by atomic mass is 35.5. The zero-order valence-corrected chi connectivity index (χ0v) is 16.7. The lowest BCUT2D eigenvalue weighted by molar-refractivity contribution is 0.208. The molecule has 0 aliphatic rings. The van der Waals surface area contributed by atoms with E-state index in [9.17, 15) is 0 Å². The normalized spacial score (nSPS) is 10.9. The lowest BCUT2D eigenvalue weighted by atomic mass is 9.98. The fourth-order valence-corrected chi connectivity index (χ4v) is 3.12. The predicted octanol–water partition coefficient (Wildman–Crippen LogP) is 5.09. The van der Waals surface area contributed by atoms with Gasteiger partial charge in [-0.05, 0) is 60.7 Å². The summed E-state index contributed by atoms with van der Waals surface area (Å²) >= 11 is 6.31. The molecule has 26 heavy (non-hydrogen) atoms. The van der Waals surface area contributed by atoms with Gasteiger partial charge in [-0.25, -0.2) is 0 Å². The van der Waals surface area contributed by atoms with Crippen LogP contribution in [0.4, 0.5) is 0 Å². The Labute approximate surface area is 161 Å². The number of benzene rings is 2. The van der Waals surface area contributed by atoms with E-state index in [1.54, 1.807) is 6.07 Å². The summed E-state index contributed by atoms with van der Waals surface area (Å²) in [7, 11) is 0. The fraction of sp³-hybridized carbons (Fsp3) is 0.429. The molecule has 2 aromatic rings. The molecule has 2 N–H and O–H groups in total. The van der Waals surface area contributed by atoms with Crippen molar-refractivity contribution in [1.29, 1.82) is 0 Å². The van der Waals surface area contributed by atoms with Crippen molar-refractivity contribution < 1.29 is 14.2 Å². The third kappa shape index (κ3) is 5.29. The molecule has 5 heteroatoms. The number of hydrogen-bond acceptors (Lipinski definition) is 4. The summed E-state index contributed by atoms with van der Waals surface area (Å²) in [5.41, 5.74) is 9.16. The average Bonchev–Trinajstić information content (AvgIpc) is 2.60. The quantitative estimate of drug-likeness (QED) is 0.618. The van der Waals surface area contributed by atoms with Crippen molar-refractivity contribution in [2.75, 3.05) is 19.8 Å². The Kier molecular flexibility index (Phi) is 7.61. The molecule has 0 aliphatic carbocycles. The van der Waals surface area contributed by atoms with E-state index < -0.39 is 0 Å². The highest BCUT2D eigenvalue weighted by molar-refractivity contribution is 6.32. The zero-order chi connectivity index (χ0) is 19.1. The fourth-order valence-electron chi connectivity index (χ4n) is 2.83. The monoisotopic (exact) mass is 377 g/mol. The molecule has 0 amide bonds. The van der Waals surface area contributed by atoms with Gasteiger partial charge in [0.25, 0.3) is 0 Å². The van der Waals surface area contributed by atoms with Crippen LogP contribution in [0.2, 0.25) is 5.02 Å². The highest BCUT2D eigenvalue weighted by Crippen LogP contribution is 2.36. The number of rotatable bonds is 9. The molecule has 0 radical (unpaired) electrons. The molecule has 2 rings (SSSR count). The van der Waals surface area contributed by atoms with E-state index >= 15 is 0 Å². The van der Waals surface area contributed by atoms with Gasteiger partial charge in [-0.15, -0.1) is 0 Å². The van der Waals surface area contributed by atoms with Crippen LogP contribution in [-0.2, 0) is 6.54 Å². The van der Waals surface area contributed by atoms with E-state index in [1.165, 1.54) is 11.1 Å². The van der Waals surface area contributed by atoms with Crippen LogP contribution >= 0.6 is 11.6 Å². The minimum Gasteiger partial charge on any atom is -0.490 e. The first-order chi connectivity index (χ1) is 12.5. The van der Waals surface area contributed by atoms with Gasteiger partial charge < -0.3 is 19.9 Å². The third-order valence-corrected chi connectivity index (χ3v) is 4.35. The first kappa shape index (κ1) is 20.4. The van der Waals surface area contributed by atoms with E-state index in [-0.39, 0.29) is 0 Å². The van der Waals surface area contributed by atoms with Gasteiger partial charge in [-0.2, -0.15) is 0 Å². The lowest BCUT2D eigenvalue weighted by Gasteiger charge is -2.16. The molecule has 4 nitrogen and oxygen atoms in total. The van der Waals surface area contributed by atoms with E-state index in [1.807, 2.05) is 19.1 Å². The van der Waals surface area contributed by atoms with Crippen LogP contribution in [0.1, 0.15) is 43.4 Å². The Morgan fingerprint density at radius 3 is 2.38 bits per heavy atom. The number of aryl methyl sites for hydroxylation is 1. The highest BCUT2D eigenvalue weighted by Gasteiger charge is 2.12. The SMILES string of the molecule is CCOc1cc(CN)cc(Cl)c1OCCOc1ccc(C(C)C)c(C)c1. The molecular formula is C21H28ClNO3. The molecule has 0 unspecified atom stereocenters. The maximum Gasteiger partial charge on any atom is 0.179 e.